The Balaban J connectivity index is 2.49. The Bertz CT molecular complexity index is 428. The molecule has 2 rings (SSSR count). The highest BCUT2D eigenvalue weighted by molar-refractivity contribution is 6.31. The molecule has 0 aromatic heterocycles. The van der Waals surface area contributed by atoms with Gasteiger partial charge in [0.05, 0.1) is 14.2 Å². The van der Waals surface area contributed by atoms with Crippen LogP contribution in [0.3, 0.4) is 0 Å². The Morgan fingerprint density at radius 1 is 1.24 bits per heavy atom. The number of benzene rings is 1. The topological polar surface area (TPSA) is 44.5 Å². The lowest BCUT2D eigenvalue weighted by Crippen LogP contribution is -2.31. The summed E-state index contributed by atoms with van der Waals surface area (Å²) >= 11 is 6.31. The van der Waals surface area contributed by atoms with Crippen molar-refractivity contribution in [2.24, 2.45) is 5.73 Å². The normalized spacial score (nSPS) is 18.6. The largest absolute Gasteiger partial charge is 0.493 e. The number of hydrogen-bond donors (Lipinski definition) is 1. The minimum absolute atomic E-state index is 0.0244. The molecule has 0 radical (unpaired) electrons. The van der Waals surface area contributed by atoms with Crippen LogP contribution < -0.4 is 15.2 Å². The first kappa shape index (κ1) is 12.5. The molecule has 0 heterocycles. The van der Waals surface area contributed by atoms with Crippen LogP contribution in [-0.2, 0) is 5.41 Å². The molecule has 1 aliphatic rings. The van der Waals surface area contributed by atoms with Gasteiger partial charge in [-0.3, -0.25) is 0 Å². The Labute approximate surface area is 107 Å². The zero-order chi connectivity index (χ0) is 12.6. The second-order valence-corrected chi connectivity index (χ2v) is 5.04. The van der Waals surface area contributed by atoms with Crippen LogP contribution in [0.1, 0.15) is 25.3 Å². The van der Waals surface area contributed by atoms with Crippen molar-refractivity contribution < 1.29 is 9.47 Å². The number of rotatable bonds is 4. The van der Waals surface area contributed by atoms with Crippen LogP contribution >= 0.6 is 11.6 Å². The number of halogens is 1. The third-order valence-electron chi connectivity index (χ3n) is 3.67. The smallest absolute Gasteiger partial charge is 0.162 e. The maximum atomic E-state index is 6.31. The molecule has 1 saturated carbocycles. The van der Waals surface area contributed by atoms with E-state index in [2.05, 4.69) is 0 Å². The Morgan fingerprint density at radius 3 is 2.18 bits per heavy atom. The highest BCUT2D eigenvalue weighted by Gasteiger charge is 2.49. The van der Waals surface area contributed by atoms with Gasteiger partial charge in [0.1, 0.15) is 0 Å². The van der Waals surface area contributed by atoms with E-state index in [1.54, 1.807) is 20.3 Å². The molecule has 4 heteroatoms. The first-order chi connectivity index (χ1) is 8.05. The molecule has 1 atom stereocenters. The van der Waals surface area contributed by atoms with Crippen LogP contribution in [0.4, 0.5) is 0 Å². The predicted molar refractivity (Wildman–Crippen MR) is 69.1 cm³/mol. The van der Waals surface area contributed by atoms with Gasteiger partial charge >= 0.3 is 0 Å². The second kappa shape index (κ2) is 4.39. The van der Waals surface area contributed by atoms with Gasteiger partial charge in [0.25, 0.3) is 0 Å². The molecule has 1 aromatic rings. The van der Waals surface area contributed by atoms with Crippen LogP contribution in [0.2, 0.25) is 5.02 Å². The van der Waals surface area contributed by atoms with Gasteiger partial charge in [-0.2, -0.15) is 0 Å². The Kier molecular flexibility index (Phi) is 3.23. The molecule has 2 N–H and O–H groups in total. The van der Waals surface area contributed by atoms with Crippen molar-refractivity contribution in [3.05, 3.63) is 22.7 Å². The number of ether oxygens (including phenoxy) is 2. The Hall–Kier alpha value is -0.930. The van der Waals surface area contributed by atoms with E-state index in [9.17, 15) is 0 Å². The third-order valence-corrected chi connectivity index (χ3v) is 3.98. The molecule has 1 fully saturated rings. The van der Waals surface area contributed by atoms with Gasteiger partial charge in [0.2, 0.25) is 0 Å². The van der Waals surface area contributed by atoms with Crippen LogP contribution in [0.15, 0.2) is 12.1 Å². The van der Waals surface area contributed by atoms with Crippen LogP contribution in [0, 0.1) is 0 Å². The molecule has 0 saturated heterocycles. The SMILES string of the molecule is COc1cc(Cl)c(C2(C(C)N)CC2)cc1OC. The summed E-state index contributed by atoms with van der Waals surface area (Å²) in [6, 6.07) is 3.86. The van der Waals surface area contributed by atoms with Gasteiger partial charge in [-0.25, -0.2) is 0 Å². The average Bonchev–Trinajstić information content (AvgIpc) is 3.09. The molecular weight excluding hydrogens is 238 g/mol. The van der Waals surface area contributed by atoms with Crippen molar-refractivity contribution in [1.29, 1.82) is 0 Å². The molecule has 0 amide bonds. The minimum Gasteiger partial charge on any atom is -0.493 e. The maximum Gasteiger partial charge on any atom is 0.162 e. The van der Waals surface area contributed by atoms with Crippen molar-refractivity contribution in [3.8, 4) is 11.5 Å². The summed E-state index contributed by atoms with van der Waals surface area (Å²) in [6.45, 7) is 2.03. The summed E-state index contributed by atoms with van der Waals surface area (Å²) < 4.78 is 10.5. The van der Waals surface area contributed by atoms with Crippen molar-refractivity contribution in [1.82, 2.24) is 0 Å². The number of methoxy groups -OCH3 is 2. The van der Waals surface area contributed by atoms with Gasteiger partial charge in [0.15, 0.2) is 11.5 Å². The van der Waals surface area contributed by atoms with Crippen LogP contribution in [0.5, 0.6) is 11.5 Å². The van der Waals surface area contributed by atoms with E-state index in [4.69, 9.17) is 26.8 Å². The van der Waals surface area contributed by atoms with Crippen LogP contribution in [-0.4, -0.2) is 20.3 Å². The highest BCUT2D eigenvalue weighted by atomic mass is 35.5. The lowest BCUT2D eigenvalue weighted by atomic mass is 9.89. The summed E-state index contributed by atoms with van der Waals surface area (Å²) in [5.41, 5.74) is 7.17. The quantitative estimate of drug-likeness (QED) is 0.900. The fourth-order valence-electron chi connectivity index (χ4n) is 2.34. The van der Waals surface area contributed by atoms with Gasteiger partial charge in [-0.1, -0.05) is 11.6 Å². The van der Waals surface area contributed by atoms with E-state index in [0.717, 1.165) is 18.4 Å². The summed E-state index contributed by atoms with van der Waals surface area (Å²) in [5, 5.41) is 0.706. The van der Waals surface area contributed by atoms with Crippen molar-refractivity contribution in [2.45, 2.75) is 31.2 Å². The van der Waals surface area contributed by atoms with Crippen molar-refractivity contribution in [3.63, 3.8) is 0 Å². The molecule has 0 aliphatic heterocycles. The Morgan fingerprint density at radius 2 is 1.76 bits per heavy atom. The van der Waals surface area contributed by atoms with Crippen molar-refractivity contribution in [2.75, 3.05) is 14.2 Å². The molecule has 1 aliphatic carbocycles. The lowest BCUT2D eigenvalue weighted by molar-refractivity contribution is 0.353. The molecule has 0 spiro atoms. The van der Waals surface area contributed by atoms with E-state index < -0.39 is 0 Å². The van der Waals surface area contributed by atoms with Gasteiger partial charge in [0, 0.05) is 22.5 Å². The van der Waals surface area contributed by atoms with Gasteiger partial charge < -0.3 is 15.2 Å². The van der Waals surface area contributed by atoms with E-state index in [1.165, 1.54) is 0 Å². The summed E-state index contributed by atoms with van der Waals surface area (Å²) in [4.78, 5) is 0. The molecule has 94 valence electrons. The summed E-state index contributed by atoms with van der Waals surface area (Å²) in [6.07, 6.45) is 2.17. The summed E-state index contributed by atoms with van der Waals surface area (Å²) in [5.74, 6) is 1.36. The second-order valence-electron chi connectivity index (χ2n) is 4.63. The van der Waals surface area contributed by atoms with E-state index in [0.29, 0.717) is 16.5 Å². The molecule has 1 unspecified atom stereocenters. The van der Waals surface area contributed by atoms with E-state index >= 15 is 0 Å². The molecule has 17 heavy (non-hydrogen) atoms. The number of hydrogen-bond acceptors (Lipinski definition) is 3. The lowest BCUT2D eigenvalue weighted by Gasteiger charge is -2.22. The van der Waals surface area contributed by atoms with E-state index in [-0.39, 0.29) is 11.5 Å². The van der Waals surface area contributed by atoms with Gasteiger partial charge in [-0.05, 0) is 31.4 Å². The standard InChI is InChI=1S/C13H18ClNO2/c1-8(15)13(4-5-13)9-6-11(16-2)12(17-3)7-10(9)14/h6-8H,4-5,15H2,1-3H3. The monoisotopic (exact) mass is 255 g/mol. The number of nitrogens with two attached hydrogens (primary N) is 1. The summed E-state index contributed by atoms with van der Waals surface area (Å²) in [7, 11) is 3.23. The zero-order valence-electron chi connectivity index (χ0n) is 10.4. The molecule has 0 bridgehead atoms. The highest BCUT2D eigenvalue weighted by Crippen LogP contribution is 2.54. The van der Waals surface area contributed by atoms with Crippen LogP contribution in [0.25, 0.3) is 0 Å². The first-order valence-electron chi connectivity index (χ1n) is 5.72. The van der Waals surface area contributed by atoms with Crippen molar-refractivity contribution >= 4 is 11.6 Å². The minimum atomic E-state index is 0.0244. The third kappa shape index (κ3) is 1.98. The molecular formula is C13H18ClNO2. The fraction of sp³-hybridized carbons (Fsp3) is 0.538. The van der Waals surface area contributed by atoms with E-state index in [1.807, 2.05) is 13.0 Å². The zero-order valence-corrected chi connectivity index (χ0v) is 11.2. The maximum absolute atomic E-state index is 6.31. The fourth-order valence-corrected chi connectivity index (χ4v) is 2.68. The molecule has 3 nitrogen and oxygen atoms in total. The average molecular weight is 256 g/mol. The molecule has 1 aromatic carbocycles. The first-order valence-corrected chi connectivity index (χ1v) is 6.10. The predicted octanol–water partition coefficient (Wildman–Crippen LogP) is 2.74. The van der Waals surface area contributed by atoms with Gasteiger partial charge in [-0.15, -0.1) is 0 Å².